The molecule has 3 atom stereocenters. The summed E-state index contributed by atoms with van der Waals surface area (Å²) < 4.78 is 1.13. The van der Waals surface area contributed by atoms with Gasteiger partial charge < -0.3 is 5.73 Å². The van der Waals surface area contributed by atoms with Crippen LogP contribution < -0.4 is 5.73 Å². The maximum Gasteiger partial charge on any atom is 0.0422 e. The fraction of sp³-hybridized carbons (Fsp3) is 0.294. The van der Waals surface area contributed by atoms with Crippen LogP contribution >= 0.6 is 27.7 Å². The Labute approximate surface area is 133 Å². The Morgan fingerprint density at radius 3 is 2.60 bits per heavy atom. The summed E-state index contributed by atoms with van der Waals surface area (Å²) in [5.74, 6) is 0.579. The van der Waals surface area contributed by atoms with Crippen LogP contribution in [0.4, 0.5) is 0 Å². The molecule has 1 nitrogen and oxygen atoms in total. The van der Waals surface area contributed by atoms with E-state index in [0.717, 1.165) is 10.9 Å². The van der Waals surface area contributed by atoms with Crippen molar-refractivity contribution in [2.45, 2.75) is 35.4 Å². The topological polar surface area (TPSA) is 26.0 Å². The van der Waals surface area contributed by atoms with Gasteiger partial charge in [-0.2, -0.15) is 0 Å². The smallest absolute Gasteiger partial charge is 0.0422 e. The average Bonchev–Trinajstić information content (AvgIpc) is 2.45. The summed E-state index contributed by atoms with van der Waals surface area (Å²) in [6, 6.07) is 17.2. The molecule has 1 aliphatic rings. The largest absolute Gasteiger partial charge is 0.323 e. The second kappa shape index (κ2) is 5.92. The minimum atomic E-state index is 0.117. The third-order valence-electron chi connectivity index (χ3n) is 3.96. The lowest BCUT2D eigenvalue weighted by atomic mass is 9.81. The molecule has 0 aromatic heterocycles. The molecule has 0 radical (unpaired) electrons. The molecule has 2 aromatic rings. The Morgan fingerprint density at radius 2 is 1.85 bits per heavy atom. The zero-order valence-electron chi connectivity index (χ0n) is 11.4. The van der Waals surface area contributed by atoms with Crippen molar-refractivity contribution < 1.29 is 0 Å². The number of thioether (sulfide) groups is 1. The molecular weight excluding hydrogens is 330 g/mol. The number of nitrogens with two attached hydrogens (primary N) is 1. The van der Waals surface area contributed by atoms with Crippen molar-refractivity contribution in [3.63, 3.8) is 0 Å². The van der Waals surface area contributed by atoms with Gasteiger partial charge in [-0.1, -0.05) is 53.2 Å². The van der Waals surface area contributed by atoms with Crippen LogP contribution in [-0.2, 0) is 0 Å². The van der Waals surface area contributed by atoms with E-state index in [9.17, 15) is 0 Å². The van der Waals surface area contributed by atoms with Crippen LogP contribution in [0.5, 0.6) is 0 Å². The third kappa shape index (κ3) is 2.80. The fourth-order valence-corrected chi connectivity index (χ4v) is 4.85. The lowest BCUT2D eigenvalue weighted by Crippen LogP contribution is -2.30. The van der Waals surface area contributed by atoms with Crippen molar-refractivity contribution >= 4 is 27.7 Å². The fourth-order valence-electron chi connectivity index (χ4n) is 2.92. The summed E-state index contributed by atoms with van der Waals surface area (Å²) in [6.07, 6.45) is 1.13. The zero-order chi connectivity index (χ0) is 14.1. The minimum Gasteiger partial charge on any atom is -0.323 e. The van der Waals surface area contributed by atoms with Gasteiger partial charge in [-0.15, -0.1) is 11.8 Å². The van der Waals surface area contributed by atoms with E-state index in [1.54, 1.807) is 0 Å². The van der Waals surface area contributed by atoms with Crippen molar-refractivity contribution in [2.75, 3.05) is 0 Å². The molecule has 3 heteroatoms. The number of fused-ring (bicyclic) bond motifs is 1. The van der Waals surface area contributed by atoms with E-state index in [1.807, 2.05) is 11.8 Å². The Hall–Kier alpha value is -0.770. The standard InChI is InChI=1S/C17H18BrNS/c1-11-9-16(20-13-6-4-5-12(18)10-13)17(19)15-8-3-2-7-14(11)15/h2-8,10-11,16-17H,9,19H2,1H3. The molecule has 2 aromatic carbocycles. The molecule has 0 aliphatic heterocycles. The first kappa shape index (κ1) is 14.2. The van der Waals surface area contributed by atoms with Crippen molar-refractivity contribution in [1.29, 1.82) is 0 Å². The van der Waals surface area contributed by atoms with Gasteiger partial charge in [-0.25, -0.2) is 0 Å². The zero-order valence-corrected chi connectivity index (χ0v) is 13.8. The highest BCUT2D eigenvalue weighted by Gasteiger charge is 2.31. The van der Waals surface area contributed by atoms with Crippen molar-refractivity contribution in [3.05, 3.63) is 64.1 Å². The van der Waals surface area contributed by atoms with E-state index in [4.69, 9.17) is 5.73 Å². The van der Waals surface area contributed by atoms with Crippen LogP contribution in [0.15, 0.2) is 57.9 Å². The summed E-state index contributed by atoms with van der Waals surface area (Å²) >= 11 is 5.43. The molecule has 0 saturated carbocycles. The summed E-state index contributed by atoms with van der Waals surface area (Å²) in [4.78, 5) is 1.28. The maximum atomic E-state index is 6.51. The minimum absolute atomic E-state index is 0.117. The lowest BCUT2D eigenvalue weighted by molar-refractivity contribution is 0.527. The first-order valence-corrected chi connectivity index (χ1v) is 8.59. The van der Waals surface area contributed by atoms with Gasteiger partial charge in [-0.05, 0) is 41.7 Å². The number of rotatable bonds is 2. The van der Waals surface area contributed by atoms with Gasteiger partial charge in [0.1, 0.15) is 0 Å². The number of halogens is 1. The second-order valence-electron chi connectivity index (χ2n) is 5.41. The first-order chi connectivity index (χ1) is 9.65. The summed E-state index contributed by atoms with van der Waals surface area (Å²) in [6.45, 7) is 2.30. The van der Waals surface area contributed by atoms with Gasteiger partial charge in [0.25, 0.3) is 0 Å². The molecule has 0 fully saturated rings. The Balaban J connectivity index is 1.86. The van der Waals surface area contributed by atoms with Crippen LogP contribution in [-0.4, -0.2) is 5.25 Å². The first-order valence-electron chi connectivity index (χ1n) is 6.92. The molecule has 104 valence electrons. The van der Waals surface area contributed by atoms with Gasteiger partial charge in [0.05, 0.1) is 0 Å². The van der Waals surface area contributed by atoms with E-state index in [0.29, 0.717) is 11.2 Å². The number of hydrogen-bond donors (Lipinski definition) is 1. The lowest BCUT2D eigenvalue weighted by Gasteiger charge is -2.34. The normalized spacial score (nSPS) is 25.2. The van der Waals surface area contributed by atoms with Gasteiger partial charge in [-0.3, -0.25) is 0 Å². The highest BCUT2D eigenvalue weighted by atomic mass is 79.9. The van der Waals surface area contributed by atoms with Crippen molar-refractivity contribution in [1.82, 2.24) is 0 Å². The van der Waals surface area contributed by atoms with Crippen LogP contribution in [0.3, 0.4) is 0 Å². The molecule has 0 spiro atoms. The molecule has 3 unspecified atom stereocenters. The highest BCUT2D eigenvalue weighted by Crippen LogP contribution is 2.43. The van der Waals surface area contributed by atoms with Gasteiger partial charge in [0.2, 0.25) is 0 Å². The van der Waals surface area contributed by atoms with Crippen LogP contribution in [0.25, 0.3) is 0 Å². The molecule has 0 saturated heterocycles. The monoisotopic (exact) mass is 347 g/mol. The summed E-state index contributed by atoms with van der Waals surface area (Å²) in [5.41, 5.74) is 9.25. The van der Waals surface area contributed by atoms with Gasteiger partial charge in [0, 0.05) is 20.7 Å². The summed E-state index contributed by atoms with van der Waals surface area (Å²) in [7, 11) is 0. The second-order valence-corrected chi connectivity index (χ2v) is 7.63. The Kier molecular flexibility index (Phi) is 4.20. The van der Waals surface area contributed by atoms with E-state index in [2.05, 4.69) is 71.4 Å². The SMILES string of the molecule is CC1CC(Sc2cccc(Br)c2)C(N)c2ccccc21. The predicted molar refractivity (Wildman–Crippen MR) is 90.2 cm³/mol. The van der Waals surface area contributed by atoms with E-state index in [-0.39, 0.29) is 6.04 Å². The molecule has 0 bridgehead atoms. The van der Waals surface area contributed by atoms with E-state index in [1.165, 1.54) is 16.0 Å². The third-order valence-corrected chi connectivity index (χ3v) is 5.76. The molecule has 3 rings (SSSR count). The molecule has 20 heavy (non-hydrogen) atoms. The number of benzene rings is 2. The Morgan fingerprint density at radius 1 is 1.10 bits per heavy atom. The predicted octanol–water partition coefficient (Wildman–Crippen LogP) is 5.12. The highest BCUT2D eigenvalue weighted by molar-refractivity contribution is 9.10. The van der Waals surface area contributed by atoms with E-state index < -0.39 is 0 Å². The van der Waals surface area contributed by atoms with Crippen LogP contribution in [0.1, 0.15) is 36.4 Å². The average molecular weight is 348 g/mol. The Bertz CT molecular complexity index is 613. The maximum absolute atomic E-state index is 6.51. The molecule has 1 aliphatic carbocycles. The molecular formula is C17H18BrNS. The molecule has 2 N–H and O–H groups in total. The quantitative estimate of drug-likeness (QED) is 0.815. The van der Waals surface area contributed by atoms with Gasteiger partial charge in [0.15, 0.2) is 0 Å². The van der Waals surface area contributed by atoms with E-state index >= 15 is 0 Å². The number of hydrogen-bond acceptors (Lipinski definition) is 2. The van der Waals surface area contributed by atoms with Crippen molar-refractivity contribution in [3.8, 4) is 0 Å². The van der Waals surface area contributed by atoms with Crippen LogP contribution in [0.2, 0.25) is 0 Å². The summed E-state index contributed by atoms with van der Waals surface area (Å²) in [5, 5.41) is 0.439. The van der Waals surface area contributed by atoms with Crippen LogP contribution in [0, 0.1) is 0 Å². The van der Waals surface area contributed by atoms with Gasteiger partial charge >= 0.3 is 0 Å². The molecule has 0 heterocycles. The van der Waals surface area contributed by atoms with Crippen molar-refractivity contribution in [2.24, 2.45) is 5.73 Å². The molecule has 0 amide bonds.